The average Bonchev–Trinajstić information content (AvgIpc) is 2.94. The molecule has 2 unspecified atom stereocenters. The SMILES string of the molecule is CC.CCC(C)C(=O)N(C(=O)C(C)c1ccc(N)cc1)c1cc(Cl)cc(Cl)c1.CCN(CC)C(=O)CCCCN. The highest BCUT2D eigenvalue weighted by Crippen LogP contribution is 2.30. The Morgan fingerprint density at radius 2 is 1.38 bits per heavy atom. The van der Waals surface area contributed by atoms with E-state index < -0.39 is 5.92 Å². The van der Waals surface area contributed by atoms with E-state index in [1.807, 2.05) is 39.5 Å². The van der Waals surface area contributed by atoms with Gasteiger partial charge in [-0.25, -0.2) is 4.90 Å². The summed E-state index contributed by atoms with van der Waals surface area (Å²) in [7, 11) is 0. The van der Waals surface area contributed by atoms with E-state index >= 15 is 0 Å². The smallest absolute Gasteiger partial charge is 0.241 e. The highest BCUT2D eigenvalue weighted by molar-refractivity contribution is 6.35. The van der Waals surface area contributed by atoms with Gasteiger partial charge in [-0.3, -0.25) is 14.4 Å². The van der Waals surface area contributed by atoms with Crippen LogP contribution in [0.5, 0.6) is 0 Å². The normalized spacial score (nSPS) is 11.7. The van der Waals surface area contributed by atoms with Gasteiger partial charge < -0.3 is 16.4 Å². The van der Waals surface area contributed by atoms with Crippen LogP contribution in [0.4, 0.5) is 11.4 Å². The van der Waals surface area contributed by atoms with Crippen molar-refractivity contribution in [3.8, 4) is 0 Å². The number of anilines is 2. The van der Waals surface area contributed by atoms with E-state index in [1.165, 1.54) is 4.90 Å². The minimum absolute atomic E-state index is 0.258. The van der Waals surface area contributed by atoms with Crippen molar-refractivity contribution in [1.82, 2.24) is 4.90 Å². The Morgan fingerprint density at radius 3 is 1.82 bits per heavy atom. The third-order valence-electron chi connectivity index (χ3n) is 6.35. The lowest BCUT2D eigenvalue weighted by atomic mass is 9.97. The van der Waals surface area contributed by atoms with Crippen LogP contribution in [0.15, 0.2) is 42.5 Å². The summed E-state index contributed by atoms with van der Waals surface area (Å²) in [6.45, 7) is 15.8. The van der Waals surface area contributed by atoms with Gasteiger partial charge in [0.05, 0.1) is 11.6 Å². The van der Waals surface area contributed by atoms with Crippen molar-refractivity contribution in [2.24, 2.45) is 11.7 Å². The number of hydrogen-bond donors (Lipinski definition) is 2. The number of imide groups is 1. The molecule has 0 aliphatic carbocycles. The number of nitrogens with two attached hydrogens (primary N) is 2. The van der Waals surface area contributed by atoms with Crippen LogP contribution in [-0.2, 0) is 14.4 Å². The van der Waals surface area contributed by atoms with Crippen molar-refractivity contribution in [1.29, 1.82) is 0 Å². The molecule has 0 saturated carbocycles. The first kappa shape index (κ1) is 37.4. The van der Waals surface area contributed by atoms with Crippen molar-refractivity contribution in [2.45, 2.75) is 80.1 Å². The summed E-state index contributed by atoms with van der Waals surface area (Å²) in [6, 6.07) is 11.7. The number of nitrogens with zero attached hydrogens (tertiary/aromatic N) is 2. The van der Waals surface area contributed by atoms with Crippen LogP contribution in [0.25, 0.3) is 0 Å². The molecule has 0 spiro atoms. The molecule has 0 fully saturated rings. The average molecular weight is 596 g/mol. The molecule has 2 rings (SSSR count). The monoisotopic (exact) mass is 594 g/mol. The van der Waals surface area contributed by atoms with E-state index in [9.17, 15) is 14.4 Å². The van der Waals surface area contributed by atoms with Gasteiger partial charge in [0.2, 0.25) is 17.7 Å². The molecule has 0 saturated heterocycles. The second kappa shape index (κ2) is 20.3. The van der Waals surface area contributed by atoms with Gasteiger partial charge in [0.1, 0.15) is 0 Å². The molecule has 9 heteroatoms. The largest absolute Gasteiger partial charge is 0.399 e. The number of amides is 3. The maximum Gasteiger partial charge on any atom is 0.241 e. The second-order valence-electron chi connectivity index (χ2n) is 9.15. The Labute approximate surface area is 251 Å². The minimum Gasteiger partial charge on any atom is -0.399 e. The molecule has 2 aromatic carbocycles. The summed E-state index contributed by atoms with van der Waals surface area (Å²) in [5.41, 5.74) is 12.8. The molecule has 0 bridgehead atoms. The van der Waals surface area contributed by atoms with Crippen molar-refractivity contribution in [3.05, 3.63) is 58.1 Å². The van der Waals surface area contributed by atoms with Crippen LogP contribution in [0.1, 0.15) is 85.6 Å². The summed E-state index contributed by atoms with van der Waals surface area (Å²) < 4.78 is 0. The fraction of sp³-hybridized carbons (Fsp3) is 0.516. The van der Waals surface area contributed by atoms with E-state index in [0.29, 0.717) is 40.8 Å². The topological polar surface area (TPSA) is 110 Å². The van der Waals surface area contributed by atoms with Gasteiger partial charge >= 0.3 is 0 Å². The van der Waals surface area contributed by atoms with E-state index in [2.05, 4.69) is 0 Å². The molecular formula is C31H48Cl2N4O3. The predicted molar refractivity (Wildman–Crippen MR) is 170 cm³/mol. The first-order valence-electron chi connectivity index (χ1n) is 14.2. The van der Waals surface area contributed by atoms with Crippen LogP contribution < -0.4 is 16.4 Å². The standard InChI is InChI=1S/C20H22Cl2N2O2.C9H20N2O.C2H6/c1-4-12(2)19(25)24(18-10-15(21)9-16(22)11-18)20(26)13(3)14-5-7-17(23)8-6-14;1-3-11(4-2)9(12)7-5-6-8-10;1-2/h5-13H,4,23H2,1-3H3;3-8,10H2,1-2H3;1-2H3. The third kappa shape index (κ3) is 12.3. The predicted octanol–water partition coefficient (Wildman–Crippen LogP) is 7.30. The fourth-order valence-electron chi connectivity index (χ4n) is 3.70. The Hall–Kier alpha value is -2.61. The molecule has 2 aromatic rings. The van der Waals surface area contributed by atoms with Crippen molar-refractivity contribution >= 4 is 52.3 Å². The Morgan fingerprint density at radius 1 is 0.850 bits per heavy atom. The van der Waals surface area contributed by atoms with Gasteiger partial charge in [0.15, 0.2) is 0 Å². The van der Waals surface area contributed by atoms with Crippen LogP contribution in [0, 0.1) is 5.92 Å². The zero-order chi connectivity index (χ0) is 30.8. The number of nitrogen functional groups attached to an aromatic ring is 1. The molecule has 2 atom stereocenters. The lowest BCUT2D eigenvalue weighted by Gasteiger charge is -2.27. The zero-order valence-corrected chi connectivity index (χ0v) is 26.7. The first-order chi connectivity index (χ1) is 19.0. The molecule has 0 aromatic heterocycles. The van der Waals surface area contributed by atoms with Crippen molar-refractivity contribution in [3.63, 3.8) is 0 Å². The quantitative estimate of drug-likeness (QED) is 0.209. The molecule has 3 amide bonds. The van der Waals surface area contributed by atoms with Crippen molar-refractivity contribution < 1.29 is 14.4 Å². The number of unbranched alkanes of at least 4 members (excludes halogenated alkanes) is 1. The summed E-state index contributed by atoms with van der Waals surface area (Å²) in [4.78, 5) is 40.5. The second-order valence-corrected chi connectivity index (χ2v) is 10.0. The molecule has 224 valence electrons. The maximum absolute atomic E-state index is 13.2. The maximum atomic E-state index is 13.2. The van der Waals surface area contributed by atoms with Crippen molar-refractivity contribution in [2.75, 3.05) is 30.3 Å². The van der Waals surface area contributed by atoms with Crippen LogP contribution in [0.2, 0.25) is 10.0 Å². The molecule has 0 heterocycles. The third-order valence-corrected chi connectivity index (χ3v) is 6.78. The van der Waals surface area contributed by atoms with E-state index in [0.717, 1.165) is 31.5 Å². The molecule has 7 nitrogen and oxygen atoms in total. The van der Waals surface area contributed by atoms with Gasteiger partial charge in [0.25, 0.3) is 0 Å². The minimum atomic E-state index is -0.527. The van der Waals surface area contributed by atoms with Gasteiger partial charge in [-0.05, 0) is 82.5 Å². The molecule has 4 N–H and O–H groups in total. The van der Waals surface area contributed by atoms with Gasteiger partial charge in [-0.1, -0.05) is 63.0 Å². The number of carbonyl (C=O) groups excluding carboxylic acids is 3. The van der Waals surface area contributed by atoms with E-state index in [1.54, 1.807) is 56.3 Å². The van der Waals surface area contributed by atoms with E-state index in [-0.39, 0.29) is 23.6 Å². The lowest BCUT2D eigenvalue weighted by Crippen LogP contribution is -2.42. The number of rotatable bonds is 11. The van der Waals surface area contributed by atoms with Gasteiger partial charge in [-0.2, -0.15) is 0 Å². The molecular weight excluding hydrogens is 547 g/mol. The fourth-order valence-corrected chi connectivity index (χ4v) is 4.22. The molecule has 0 radical (unpaired) electrons. The van der Waals surface area contributed by atoms with Gasteiger partial charge in [0, 0.05) is 41.2 Å². The first-order valence-corrected chi connectivity index (χ1v) is 14.9. The highest BCUT2D eigenvalue weighted by Gasteiger charge is 2.31. The summed E-state index contributed by atoms with van der Waals surface area (Å²) in [5, 5.41) is 0.727. The number of hydrogen-bond acceptors (Lipinski definition) is 5. The van der Waals surface area contributed by atoms with E-state index in [4.69, 9.17) is 34.7 Å². The Bertz CT molecular complexity index is 1020. The summed E-state index contributed by atoms with van der Waals surface area (Å²) in [6.07, 6.45) is 3.14. The van der Waals surface area contributed by atoms with Crippen LogP contribution >= 0.6 is 23.2 Å². The Kier molecular flexibility index (Phi) is 19.0. The van der Waals surface area contributed by atoms with Crippen LogP contribution in [-0.4, -0.2) is 42.3 Å². The number of halogens is 2. The Balaban J connectivity index is 0.000000916. The van der Waals surface area contributed by atoms with Crippen LogP contribution in [0.3, 0.4) is 0 Å². The van der Waals surface area contributed by atoms with Gasteiger partial charge in [-0.15, -0.1) is 0 Å². The summed E-state index contributed by atoms with van der Waals surface area (Å²) >= 11 is 12.2. The number of carbonyl (C=O) groups is 3. The zero-order valence-electron chi connectivity index (χ0n) is 25.2. The molecule has 40 heavy (non-hydrogen) atoms. The number of benzene rings is 2. The lowest BCUT2D eigenvalue weighted by molar-refractivity contribution is -0.131. The molecule has 0 aliphatic rings. The summed E-state index contributed by atoms with van der Waals surface area (Å²) in [5.74, 6) is -1.19. The highest BCUT2D eigenvalue weighted by atomic mass is 35.5. The molecule has 0 aliphatic heterocycles.